The Morgan fingerprint density at radius 2 is 1.23 bits per heavy atom. The Kier molecular flexibility index (Phi) is 9.15. The molecule has 0 N–H and O–H groups in total. The standard InChI is InChI=1S/C17H12F3NO4.C11H12O4/c1-24-16(23)13-4-2-3-12-14(13)9-21(15(12)22)10-5-7-11(8-6-10)25-17(18,19)20;1-7-8(10(12)14-2)5-4-6-9(7)11(13)15-3/h2-8H,9H2,1H3;4-6H,1-3H3. The van der Waals surface area contributed by atoms with Crippen molar-refractivity contribution < 1.29 is 51.3 Å². The normalized spacial score (nSPS) is 12.1. The topological polar surface area (TPSA) is 108 Å². The van der Waals surface area contributed by atoms with Crippen LogP contribution in [-0.2, 0) is 20.8 Å². The molecule has 12 heteroatoms. The Labute approximate surface area is 227 Å². The second kappa shape index (κ2) is 12.3. The summed E-state index contributed by atoms with van der Waals surface area (Å²) in [6.07, 6.45) is -4.78. The summed E-state index contributed by atoms with van der Waals surface area (Å²) in [5.74, 6) is -2.20. The number of hydrogen-bond acceptors (Lipinski definition) is 8. The number of anilines is 1. The first-order valence-electron chi connectivity index (χ1n) is 11.6. The van der Waals surface area contributed by atoms with Gasteiger partial charge in [-0.2, -0.15) is 0 Å². The molecule has 40 heavy (non-hydrogen) atoms. The SMILES string of the molecule is COC(=O)c1cccc(C(=O)OC)c1C.COC(=O)c1cccc2c1CN(c1ccc(OC(F)(F)F)cc1)C2=O. The van der Waals surface area contributed by atoms with Gasteiger partial charge in [0.25, 0.3) is 5.91 Å². The van der Waals surface area contributed by atoms with Gasteiger partial charge in [-0.1, -0.05) is 12.1 Å². The lowest BCUT2D eigenvalue weighted by atomic mass is 10.0. The molecule has 0 atom stereocenters. The van der Waals surface area contributed by atoms with Crippen molar-refractivity contribution in [1.82, 2.24) is 0 Å². The molecule has 0 unspecified atom stereocenters. The van der Waals surface area contributed by atoms with Gasteiger partial charge >= 0.3 is 24.3 Å². The summed E-state index contributed by atoms with van der Waals surface area (Å²) in [6, 6.07) is 14.5. The molecule has 3 aromatic rings. The zero-order valence-corrected chi connectivity index (χ0v) is 21.8. The van der Waals surface area contributed by atoms with Crippen LogP contribution in [0.5, 0.6) is 5.75 Å². The average Bonchev–Trinajstić information content (AvgIpc) is 3.28. The Bertz CT molecular complexity index is 1400. The van der Waals surface area contributed by atoms with Gasteiger partial charge in [-0.15, -0.1) is 13.2 Å². The van der Waals surface area contributed by atoms with Crippen LogP contribution in [0.1, 0.15) is 52.6 Å². The van der Waals surface area contributed by atoms with Gasteiger partial charge in [0, 0.05) is 11.3 Å². The number of nitrogens with zero attached hydrogens (tertiary/aromatic N) is 1. The molecule has 0 saturated heterocycles. The van der Waals surface area contributed by atoms with E-state index >= 15 is 0 Å². The van der Waals surface area contributed by atoms with Gasteiger partial charge < -0.3 is 23.8 Å². The van der Waals surface area contributed by atoms with E-state index in [1.165, 1.54) is 38.4 Å². The first-order valence-corrected chi connectivity index (χ1v) is 11.6. The monoisotopic (exact) mass is 559 g/mol. The van der Waals surface area contributed by atoms with Crippen LogP contribution in [0, 0.1) is 6.92 Å². The van der Waals surface area contributed by atoms with Crippen molar-refractivity contribution in [3.05, 3.63) is 94.0 Å². The van der Waals surface area contributed by atoms with E-state index in [-0.39, 0.29) is 23.8 Å². The number of methoxy groups -OCH3 is 3. The highest BCUT2D eigenvalue weighted by Crippen LogP contribution is 2.32. The molecule has 0 radical (unpaired) electrons. The number of amides is 1. The van der Waals surface area contributed by atoms with Crippen LogP contribution in [-0.4, -0.2) is 51.5 Å². The number of rotatable bonds is 5. The molecule has 9 nitrogen and oxygen atoms in total. The molecule has 0 saturated carbocycles. The van der Waals surface area contributed by atoms with Crippen molar-refractivity contribution in [2.24, 2.45) is 0 Å². The van der Waals surface area contributed by atoms with Crippen molar-refractivity contribution >= 4 is 29.5 Å². The quantitative estimate of drug-likeness (QED) is 0.314. The van der Waals surface area contributed by atoms with E-state index < -0.39 is 24.3 Å². The van der Waals surface area contributed by atoms with E-state index in [1.54, 1.807) is 43.3 Å². The van der Waals surface area contributed by atoms with Crippen LogP contribution in [0.25, 0.3) is 0 Å². The number of carbonyl (C=O) groups excluding carboxylic acids is 4. The molecule has 0 fully saturated rings. The maximum atomic E-state index is 12.5. The van der Waals surface area contributed by atoms with Gasteiger partial charge in [0.2, 0.25) is 0 Å². The maximum Gasteiger partial charge on any atom is 0.573 e. The maximum absolute atomic E-state index is 12.5. The van der Waals surface area contributed by atoms with Crippen LogP contribution < -0.4 is 9.64 Å². The number of esters is 3. The third-order valence-corrected chi connectivity index (χ3v) is 5.90. The molecule has 3 aromatic carbocycles. The van der Waals surface area contributed by atoms with E-state index in [0.29, 0.717) is 33.5 Å². The van der Waals surface area contributed by atoms with Gasteiger partial charge in [-0.3, -0.25) is 4.79 Å². The molecule has 1 aliphatic rings. The van der Waals surface area contributed by atoms with Gasteiger partial charge in [0.05, 0.1) is 44.6 Å². The van der Waals surface area contributed by atoms with Gasteiger partial charge in [0.15, 0.2) is 0 Å². The molecular formula is C28H24F3NO8. The number of fused-ring (bicyclic) bond motifs is 1. The van der Waals surface area contributed by atoms with E-state index in [4.69, 9.17) is 4.74 Å². The van der Waals surface area contributed by atoms with Crippen molar-refractivity contribution in [3.63, 3.8) is 0 Å². The fraction of sp³-hybridized carbons (Fsp3) is 0.214. The number of ether oxygens (including phenoxy) is 4. The Morgan fingerprint density at radius 3 is 1.73 bits per heavy atom. The van der Waals surface area contributed by atoms with Crippen molar-refractivity contribution in [3.8, 4) is 5.75 Å². The van der Waals surface area contributed by atoms with Crippen molar-refractivity contribution in [1.29, 1.82) is 0 Å². The van der Waals surface area contributed by atoms with E-state index in [1.807, 2.05) is 0 Å². The lowest BCUT2D eigenvalue weighted by Gasteiger charge is -2.16. The number of benzene rings is 3. The number of halogens is 3. The molecule has 1 amide bonds. The summed E-state index contributed by atoms with van der Waals surface area (Å²) in [6.45, 7) is 1.80. The van der Waals surface area contributed by atoms with Gasteiger partial charge in [-0.05, 0) is 66.6 Å². The minimum absolute atomic E-state index is 0.124. The Morgan fingerprint density at radius 1 is 0.750 bits per heavy atom. The minimum atomic E-state index is -4.78. The van der Waals surface area contributed by atoms with Crippen LogP contribution >= 0.6 is 0 Å². The predicted molar refractivity (Wildman–Crippen MR) is 135 cm³/mol. The van der Waals surface area contributed by atoms with Crippen LogP contribution in [0.4, 0.5) is 18.9 Å². The molecule has 0 aliphatic carbocycles. The van der Waals surface area contributed by atoms with E-state index in [9.17, 15) is 32.3 Å². The molecule has 0 bridgehead atoms. The zero-order chi connectivity index (χ0) is 29.6. The largest absolute Gasteiger partial charge is 0.573 e. The molecule has 1 aliphatic heterocycles. The Balaban J connectivity index is 0.000000252. The van der Waals surface area contributed by atoms with Crippen molar-refractivity contribution in [2.45, 2.75) is 19.8 Å². The minimum Gasteiger partial charge on any atom is -0.465 e. The highest BCUT2D eigenvalue weighted by Gasteiger charge is 2.33. The second-order valence-electron chi connectivity index (χ2n) is 8.22. The molecule has 4 rings (SSSR count). The van der Waals surface area contributed by atoms with Crippen LogP contribution in [0.3, 0.4) is 0 Å². The van der Waals surface area contributed by atoms with Crippen LogP contribution in [0.2, 0.25) is 0 Å². The van der Waals surface area contributed by atoms with Crippen molar-refractivity contribution in [2.75, 3.05) is 26.2 Å². The summed E-state index contributed by atoms with van der Waals surface area (Å²) in [5.41, 5.74) is 2.88. The summed E-state index contributed by atoms with van der Waals surface area (Å²) < 4.78 is 54.3. The third kappa shape index (κ3) is 6.57. The number of alkyl halides is 3. The van der Waals surface area contributed by atoms with Crippen LogP contribution in [0.15, 0.2) is 60.7 Å². The summed E-state index contributed by atoms with van der Waals surface area (Å²) in [7, 11) is 3.84. The molecule has 0 aromatic heterocycles. The lowest BCUT2D eigenvalue weighted by Crippen LogP contribution is -2.23. The molecule has 0 spiro atoms. The second-order valence-corrected chi connectivity index (χ2v) is 8.22. The predicted octanol–water partition coefficient (Wildman–Crippen LogP) is 5.10. The lowest BCUT2D eigenvalue weighted by molar-refractivity contribution is -0.274. The number of hydrogen-bond donors (Lipinski definition) is 0. The first kappa shape index (κ1) is 29.7. The number of carbonyl (C=O) groups is 4. The summed E-state index contributed by atoms with van der Waals surface area (Å²) in [4.78, 5) is 48.4. The zero-order valence-electron chi connectivity index (χ0n) is 21.8. The van der Waals surface area contributed by atoms with E-state index in [0.717, 1.165) is 12.1 Å². The Hall–Kier alpha value is -4.87. The fourth-order valence-electron chi connectivity index (χ4n) is 3.97. The van der Waals surface area contributed by atoms with Gasteiger partial charge in [0.1, 0.15) is 5.75 Å². The highest BCUT2D eigenvalue weighted by molar-refractivity contribution is 6.12. The third-order valence-electron chi connectivity index (χ3n) is 5.90. The summed E-state index contributed by atoms with van der Waals surface area (Å²) in [5, 5.41) is 0. The highest BCUT2D eigenvalue weighted by atomic mass is 19.4. The van der Waals surface area contributed by atoms with E-state index in [2.05, 4.69) is 14.2 Å². The molecule has 1 heterocycles. The fourth-order valence-corrected chi connectivity index (χ4v) is 3.97. The van der Waals surface area contributed by atoms with Gasteiger partial charge in [-0.25, -0.2) is 14.4 Å². The molecule has 210 valence electrons. The summed E-state index contributed by atoms with van der Waals surface area (Å²) >= 11 is 0. The average molecular weight is 559 g/mol. The smallest absolute Gasteiger partial charge is 0.465 e. The first-order chi connectivity index (χ1) is 18.9. The molecular weight excluding hydrogens is 535 g/mol.